The molecule has 6 nitrogen and oxygen atoms in total. The van der Waals surface area contributed by atoms with Crippen LogP contribution in [0.5, 0.6) is 5.75 Å². The summed E-state index contributed by atoms with van der Waals surface area (Å²) >= 11 is 0. The third kappa shape index (κ3) is 6.57. The Morgan fingerprint density at radius 3 is 2.30 bits per heavy atom. The van der Waals surface area contributed by atoms with Gasteiger partial charge in [-0.3, -0.25) is 4.79 Å². The van der Waals surface area contributed by atoms with Crippen LogP contribution in [0.1, 0.15) is 36.4 Å². The number of methoxy groups -OCH3 is 1. The molecule has 0 aromatic heterocycles. The van der Waals surface area contributed by atoms with E-state index in [0.717, 1.165) is 31.1 Å². The largest absolute Gasteiger partial charge is 0.497 e. The minimum absolute atomic E-state index is 0.0230. The highest BCUT2D eigenvalue weighted by Gasteiger charge is 2.26. The highest BCUT2D eigenvalue weighted by molar-refractivity contribution is 7.88. The van der Waals surface area contributed by atoms with Crippen molar-refractivity contribution in [3.8, 4) is 5.75 Å². The molecule has 1 unspecified atom stereocenters. The molecule has 0 bridgehead atoms. The summed E-state index contributed by atoms with van der Waals surface area (Å²) in [4.78, 5) is 14.8. The standard InChI is InChI=1S/C23H30N2O4S/c1-29-21-10-8-20(9-11-21)22(24-30(2,27)28)17-23(26)25-14-12-19(13-15-25)16-18-6-4-3-5-7-18/h3-11,19,22,24H,12-17H2,1-2H3. The number of hydrogen-bond donors (Lipinski definition) is 1. The van der Waals surface area contributed by atoms with E-state index in [2.05, 4.69) is 29.0 Å². The molecule has 1 aliphatic rings. The van der Waals surface area contributed by atoms with Gasteiger partial charge in [0.25, 0.3) is 0 Å². The molecule has 1 amide bonds. The summed E-state index contributed by atoms with van der Waals surface area (Å²) in [6, 6.07) is 17.0. The Bertz CT molecular complexity index is 921. The van der Waals surface area contributed by atoms with Crippen LogP contribution in [0.4, 0.5) is 0 Å². The van der Waals surface area contributed by atoms with Crippen LogP contribution >= 0.6 is 0 Å². The van der Waals surface area contributed by atoms with Crippen molar-refractivity contribution in [2.24, 2.45) is 5.92 Å². The van der Waals surface area contributed by atoms with Crippen LogP contribution in [0, 0.1) is 5.92 Å². The van der Waals surface area contributed by atoms with Crippen molar-refractivity contribution >= 4 is 15.9 Å². The lowest BCUT2D eigenvalue weighted by atomic mass is 9.90. The molecule has 1 N–H and O–H groups in total. The zero-order valence-electron chi connectivity index (χ0n) is 17.6. The second kappa shape index (κ2) is 10.1. The quantitative estimate of drug-likeness (QED) is 0.698. The van der Waals surface area contributed by atoms with E-state index in [1.165, 1.54) is 5.56 Å². The first-order valence-corrected chi connectivity index (χ1v) is 12.2. The fraction of sp³-hybridized carbons (Fsp3) is 0.435. The third-order valence-corrected chi connectivity index (χ3v) is 6.30. The molecule has 162 valence electrons. The number of nitrogens with one attached hydrogen (secondary N) is 1. The van der Waals surface area contributed by atoms with E-state index in [-0.39, 0.29) is 12.3 Å². The number of carbonyl (C=O) groups is 1. The van der Waals surface area contributed by atoms with E-state index < -0.39 is 16.1 Å². The zero-order chi connectivity index (χ0) is 21.6. The summed E-state index contributed by atoms with van der Waals surface area (Å²) in [5, 5.41) is 0. The van der Waals surface area contributed by atoms with Crippen LogP contribution in [0.3, 0.4) is 0 Å². The molecular weight excluding hydrogens is 400 g/mol. The minimum atomic E-state index is -3.46. The van der Waals surface area contributed by atoms with Crippen molar-refractivity contribution in [2.75, 3.05) is 26.5 Å². The van der Waals surface area contributed by atoms with E-state index in [9.17, 15) is 13.2 Å². The molecule has 1 heterocycles. The molecule has 1 aliphatic heterocycles. The Morgan fingerprint density at radius 1 is 1.10 bits per heavy atom. The third-order valence-electron chi connectivity index (χ3n) is 5.59. The number of piperidine rings is 1. The number of rotatable bonds is 8. The Morgan fingerprint density at radius 2 is 1.73 bits per heavy atom. The van der Waals surface area contributed by atoms with E-state index in [4.69, 9.17) is 4.74 Å². The molecule has 2 aromatic rings. The number of sulfonamides is 1. The summed E-state index contributed by atoms with van der Waals surface area (Å²) in [5.41, 5.74) is 2.08. The van der Waals surface area contributed by atoms with E-state index >= 15 is 0 Å². The van der Waals surface area contributed by atoms with Crippen molar-refractivity contribution in [3.05, 3.63) is 65.7 Å². The number of benzene rings is 2. The molecule has 0 radical (unpaired) electrons. The second-order valence-electron chi connectivity index (χ2n) is 7.93. The van der Waals surface area contributed by atoms with Gasteiger partial charge in [0, 0.05) is 19.5 Å². The molecule has 1 fully saturated rings. The van der Waals surface area contributed by atoms with Crippen molar-refractivity contribution in [3.63, 3.8) is 0 Å². The van der Waals surface area contributed by atoms with Gasteiger partial charge in [-0.25, -0.2) is 13.1 Å². The summed E-state index contributed by atoms with van der Waals surface area (Å²) in [5.74, 6) is 1.23. The minimum Gasteiger partial charge on any atom is -0.497 e. The van der Waals surface area contributed by atoms with E-state index in [1.807, 2.05) is 11.0 Å². The van der Waals surface area contributed by atoms with Crippen molar-refractivity contribution < 1.29 is 17.9 Å². The fourth-order valence-electron chi connectivity index (χ4n) is 3.96. The van der Waals surface area contributed by atoms with Gasteiger partial charge in [0.15, 0.2) is 0 Å². The first-order chi connectivity index (χ1) is 14.3. The van der Waals surface area contributed by atoms with Gasteiger partial charge in [-0.1, -0.05) is 42.5 Å². The first-order valence-electron chi connectivity index (χ1n) is 10.3. The van der Waals surface area contributed by atoms with Crippen molar-refractivity contribution in [1.29, 1.82) is 0 Å². The van der Waals surface area contributed by atoms with Crippen LogP contribution in [0.15, 0.2) is 54.6 Å². The fourth-order valence-corrected chi connectivity index (χ4v) is 4.70. The molecule has 30 heavy (non-hydrogen) atoms. The van der Waals surface area contributed by atoms with Crippen molar-refractivity contribution in [1.82, 2.24) is 9.62 Å². The summed E-state index contributed by atoms with van der Waals surface area (Å²) in [6.45, 7) is 1.43. The maximum absolute atomic E-state index is 12.9. The van der Waals surface area contributed by atoms with Gasteiger partial charge < -0.3 is 9.64 Å². The van der Waals surface area contributed by atoms with Gasteiger partial charge in [-0.15, -0.1) is 0 Å². The van der Waals surface area contributed by atoms with Gasteiger partial charge >= 0.3 is 0 Å². The number of amides is 1. The predicted molar refractivity (Wildman–Crippen MR) is 118 cm³/mol. The van der Waals surface area contributed by atoms with Gasteiger partial charge in [-0.2, -0.15) is 0 Å². The summed E-state index contributed by atoms with van der Waals surface area (Å²) in [7, 11) is -1.88. The maximum atomic E-state index is 12.9. The van der Waals surface area contributed by atoms with Crippen molar-refractivity contribution in [2.45, 2.75) is 31.7 Å². The maximum Gasteiger partial charge on any atom is 0.224 e. The molecule has 0 saturated carbocycles. The predicted octanol–water partition coefficient (Wildman–Crippen LogP) is 3.16. The molecule has 0 spiro atoms. The Hall–Kier alpha value is -2.38. The monoisotopic (exact) mass is 430 g/mol. The van der Waals surface area contributed by atoms with Gasteiger partial charge in [0.1, 0.15) is 5.75 Å². The average Bonchev–Trinajstić information content (AvgIpc) is 2.73. The zero-order valence-corrected chi connectivity index (χ0v) is 18.4. The number of ether oxygens (including phenoxy) is 1. The van der Waals surface area contributed by atoms with Crippen LogP contribution in [-0.4, -0.2) is 45.7 Å². The molecule has 0 aliphatic carbocycles. The lowest BCUT2D eigenvalue weighted by Crippen LogP contribution is -2.41. The lowest BCUT2D eigenvalue weighted by molar-refractivity contribution is -0.133. The topological polar surface area (TPSA) is 75.7 Å². The van der Waals surface area contributed by atoms with Crippen LogP contribution in [0.25, 0.3) is 0 Å². The van der Waals surface area contributed by atoms with Gasteiger partial charge in [0.05, 0.1) is 19.4 Å². The smallest absolute Gasteiger partial charge is 0.224 e. The van der Waals surface area contributed by atoms with Crippen LogP contribution in [0.2, 0.25) is 0 Å². The van der Waals surface area contributed by atoms with Gasteiger partial charge in [0.2, 0.25) is 15.9 Å². The Kier molecular flexibility index (Phi) is 7.50. The lowest BCUT2D eigenvalue weighted by Gasteiger charge is -2.33. The molecule has 3 rings (SSSR count). The normalized spacial score (nSPS) is 16.3. The second-order valence-corrected chi connectivity index (χ2v) is 9.71. The highest BCUT2D eigenvalue weighted by atomic mass is 32.2. The van der Waals surface area contributed by atoms with Crippen LogP contribution in [-0.2, 0) is 21.2 Å². The highest BCUT2D eigenvalue weighted by Crippen LogP contribution is 2.25. The molecule has 1 saturated heterocycles. The first kappa shape index (κ1) is 22.3. The SMILES string of the molecule is COc1ccc(C(CC(=O)N2CCC(Cc3ccccc3)CC2)NS(C)(=O)=O)cc1. The summed E-state index contributed by atoms with van der Waals surface area (Å²) in [6.07, 6.45) is 4.18. The van der Waals surface area contributed by atoms with Crippen LogP contribution < -0.4 is 9.46 Å². The number of likely N-dealkylation sites (tertiary alicyclic amines) is 1. The van der Waals surface area contributed by atoms with Gasteiger partial charge in [-0.05, 0) is 48.4 Å². The summed E-state index contributed by atoms with van der Waals surface area (Å²) < 4.78 is 31.5. The van der Waals surface area contributed by atoms with E-state index in [0.29, 0.717) is 24.8 Å². The Balaban J connectivity index is 1.60. The molecule has 1 atom stereocenters. The molecule has 7 heteroatoms. The average molecular weight is 431 g/mol. The molecular formula is C23H30N2O4S. The number of hydrogen-bond acceptors (Lipinski definition) is 4. The number of nitrogens with zero attached hydrogens (tertiary/aromatic N) is 1. The Labute approximate surface area is 179 Å². The number of carbonyl (C=O) groups excluding carboxylic acids is 1. The van der Waals surface area contributed by atoms with E-state index in [1.54, 1.807) is 31.4 Å². The molecule has 2 aromatic carbocycles.